The third-order valence-corrected chi connectivity index (χ3v) is 4.53. The summed E-state index contributed by atoms with van der Waals surface area (Å²) in [7, 11) is 0. The lowest BCUT2D eigenvalue weighted by Crippen LogP contribution is -2.25. The van der Waals surface area contributed by atoms with Gasteiger partial charge in [-0.3, -0.25) is 14.9 Å². The predicted molar refractivity (Wildman–Crippen MR) is 97.6 cm³/mol. The van der Waals surface area contributed by atoms with E-state index in [2.05, 4.69) is 10.6 Å². The molecular weight excluding hydrogens is 350 g/mol. The van der Waals surface area contributed by atoms with Gasteiger partial charge in [0, 0.05) is 47.1 Å². The monoisotopic (exact) mass is 369 g/mol. The van der Waals surface area contributed by atoms with Gasteiger partial charge in [0.1, 0.15) is 5.75 Å². The molecule has 1 fully saturated rings. The van der Waals surface area contributed by atoms with E-state index in [9.17, 15) is 14.9 Å². The first kappa shape index (κ1) is 17.3. The third-order valence-electron chi connectivity index (χ3n) is 4.53. The zero-order chi connectivity index (χ0) is 18.8. The molecule has 1 aliphatic carbocycles. The molecule has 140 valence electrons. The lowest BCUT2D eigenvalue weighted by atomic mass is 10.1. The molecule has 0 aromatic heterocycles. The van der Waals surface area contributed by atoms with Crippen LogP contribution in [0.4, 0.5) is 11.4 Å². The van der Waals surface area contributed by atoms with Gasteiger partial charge in [0.25, 0.3) is 11.6 Å². The lowest BCUT2D eigenvalue weighted by molar-refractivity contribution is -0.385. The number of ether oxygens (including phenoxy) is 2. The number of benzene rings is 2. The van der Waals surface area contributed by atoms with Crippen molar-refractivity contribution in [2.75, 3.05) is 12.1 Å². The summed E-state index contributed by atoms with van der Waals surface area (Å²) in [6, 6.07) is 10.4. The van der Waals surface area contributed by atoms with Crippen LogP contribution in [0, 0.1) is 10.1 Å². The minimum absolute atomic E-state index is 0.00625. The lowest BCUT2D eigenvalue weighted by Gasteiger charge is -2.21. The number of carbonyl (C=O) groups excluding carboxylic acids is 1. The van der Waals surface area contributed by atoms with Crippen molar-refractivity contribution in [2.24, 2.45) is 0 Å². The maximum atomic E-state index is 12.0. The number of carbonyl (C=O) groups is 1. The van der Waals surface area contributed by atoms with Gasteiger partial charge in [-0.15, -0.1) is 0 Å². The standard InChI is InChI=1S/C19H19N3O5/c23-19(21-16-5-6-16)12-1-3-15(4-2-12)20-9-13-7-17(22(24)25)8-14-10-26-11-27-18(13)14/h1-4,7-8,16,20H,5-6,9-11H2,(H,21,23). The van der Waals surface area contributed by atoms with Crippen molar-refractivity contribution >= 4 is 17.3 Å². The fourth-order valence-corrected chi connectivity index (χ4v) is 2.95. The molecule has 8 nitrogen and oxygen atoms in total. The molecule has 4 rings (SSSR count). The maximum Gasteiger partial charge on any atom is 0.270 e. The summed E-state index contributed by atoms with van der Waals surface area (Å²) >= 11 is 0. The van der Waals surface area contributed by atoms with Crippen LogP contribution in [0.2, 0.25) is 0 Å². The van der Waals surface area contributed by atoms with Crippen molar-refractivity contribution in [3.63, 3.8) is 0 Å². The van der Waals surface area contributed by atoms with Crippen molar-refractivity contribution in [3.8, 4) is 5.75 Å². The number of hydrogen-bond donors (Lipinski definition) is 2. The Bertz CT molecular complexity index is 878. The number of nitrogens with zero attached hydrogens (tertiary/aromatic N) is 1. The predicted octanol–water partition coefficient (Wildman–Crippen LogP) is 2.97. The Balaban J connectivity index is 1.47. The van der Waals surface area contributed by atoms with Crippen molar-refractivity contribution < 1.29 is 19.2 Å². The Kier molecular flexibility index (Phi) is 4.64. The molecule has 0 spiro atoms. The second kappa shape index (κ2) is 7.24. The molecule has 0 saturated heterocycles. The summed E-state index contributed by atoms with van der Waals surface area (Å²) in [4.78, 5) is 22.8. The Morgan fingerprint density at radius 2 is 2.00 bits per heavy atom. The average molecular weight is 369 g/mol. The van der Waals surface area contributed by atoms with Gasteiger partial charge in [0.15, 0.2) is 6.79 Å². The molecule has 0 atom stereocenters. The summed E-state index contributed by atoms with van der Waals surface area (Å²) in [6.45, 7) is 0.773. The zero-order valence-electron chi connectivity index (χ0n) is 14.6. The van der Waals surface area contributed by atoms with Gasteiger partial charge in [0.2, 0.25) is 0 Å². The van der Waals surface area contributed by atoms with E-state index >= 15 is 0 Å². The van der Waals surface area contributed by atoms with E-state index in [4.69, 9.17) is 9.47 Å². The van der Waals surface area contributed by atoms with Crippen molar-refractivity contribution in [3.05, 3.63) is 63.2 Å². The van der Waals surface area contributed by atoms with E-state index in [1.807, 2.05) is 12.1 Å². The highest BCUT2D eigenvalue weighted by atomic mass is 16.7. The second-order valence-corrected chi connectivity index (χ2v) is 6.64. The Morgan fingerprint density at radius 1 is 1.22 bits per heavy atom. The van der Waals surface area contributed by atoms with Gasteiger partial charge in [-0.25, -0.2) is 0 Å². The summed E-state index contributed by atoms with van der Waals surface area (Å²) < 4.78 is 10.7. The van der Waals surface area contributed by atoms with Gasteiger partial charge in [-0.2, -0.15) is 0 Å². The maximum absolute atomic E-state index is 12.0. The number of rotatable bonds is 6. The molecule has 2 aromatic rings. The van der Waals surface area contributed by atoms with Crippen LogP contribution < -0.4 is 15.4 Å². The smallest absolute Gasteiger partial charge is 0.270 e. The highest BCUT2D eigenvalue weighted by Gasteiger charge is 2.24. The van der Waals surface area contributed by atoms with E-state index in [0.717, 1.165) is 18.5 Å². The fourth-order valence-electron chi connectivity index (χ4n) is 2.95. The van der Waals surface area contributed by atoms with E-state index in [-0.39, 0.29) is 25.0 Å². The zero-order valence-corrected chi connectivity index (χ0v) is 14.6. The van der Waals surface area contributed by atoms with Crippen molar-refractivity contribution in [2.45, 2.75) is 32.0 Å². The highest BCUT2D eigenvalue weighted by molar-refractivity contribution is 5.94. The van der Waals surface area contributed by atoms with Crippen LogP contribution >= 0.6 is 0 Å². The molecule has 1 aliphatic heterocycles. The number of amides is 1. The van der Waals surface area contributed by atoms with Gasteiger partial charge >= 0.3 is 0 Å². The Morgan fingerprint density at radius 3 is 2.70 bits per heavy atom. The number of nitro groups is 1. The second-order valence-electron chi connectivity index (χ2n) is 6.64. The molecule has 1 heterocycles. The molecule has 8 heteroatoms. The van der Waals surface area contributed by atoms with Gasteiger partial charge in [-0.05, 0) is 37.1 Å². The van der Waals surface area contributed by atoms with E-state index in [0.29, 0.717) is 35.0 Å². The molecule has 0 bridgehead atoms. The van der Waals surface area contributed by atoms with Crippen molar-refractivity contribution in [1.29, 1.82) is 0 Å². The Hall–Kier alpha value is -3.13. The van der Waals surface area contributed by atoms with Gasteiger partial charge < -0.3 is 20.1 Å². The molecule has 2 aliphatic rings. The first-order chi connectivity index (χ1) is 13.1. The van der Waals surface area contributed by atoms with Crippen LogP contribution in [0.5, 0.6) is 5.75 Å². The topological polar surface area (TPSA) is 103 Å². The van der Waals surface area contributed by atoms with Crippen LogP contribution in [0.1, 0.15) is 34.3 Å². The number of hydrogen-bond acceptors (Lipinski definition) is 6. The van der Waals surface area contributed by atoms with Crippen LogP contribution in [-0.2, 0) is 17.9 Å². The van der Waals surface area contributed by atoms with Crippen LogP contribution in [0.25, 0.3) is 0 Å². The minimum Gasteiger partial charge on any atom is -0.467 e. The quantitative estimate of drug-likeness (QED) is 0.599. The fraction of sp³-hybridized carbons (Fsp3) is 0.316. The number of non-ortho nitro benzene ring substituents is 1. The minimum atomic E-state index is -0.425. The van der Waals surface area contributed by atoms with E-state index in [1.54, 1.807) is 12.1 Å². The van der Waals surface area contributed by atoms with Crippen LogP contribution in [0.3, 0.4) is 0 Å². The highest BCUT2D eigenvalue weighted by Crippen LogP contribution is 2.33. The van der Waals surface area contributed by atoms with Crippen LogP contribution in [-0.4, -0.2) is 23.7 Å². The average Bonchev–Trinajstić information content (AvgIpc) is 3.50. The molecular formula is C19H19N3O5. The molecule has 2 aromatic carbocycles. The molecule has 0 unspecified atom stereocenters. The number of nitrogens with one attached hydrogen (secondary N) is 2. The molecule has 2 N–H and O–H groups in total. The third kappa shape index (κ3) is 4.01. The number of anilines is 1. The molecule has 1 saturated carbocycles. The summed E-state index contributed by atoms with van der Waals surface area (Å²) in [6.07, 6.45) is 2.10. The van der Waals surface area contributed by atoms with Gasteiger partial charge in [-0.1, -0.05) is 0 Å². The van der Waals surface area contributed by atoms with Crippen molar-refractivity contribution in [1.82, 2.24) is 5.32 Å². The normalized spacial score (nSPS) is 15.4. The molecule has 0 radical (unpaired) electrons. The molecule has 27 heavy (non-hydrogen) atoms. The van der Waals surface area contributed by atoms with E-state index < -0.39 is 4.92 Å². The first-order valence-electron chi connectivity index (χ1n) is 8.75. The number of nitro benzene ring substituents is 1. The summed E-state index contributed by atoms with van der Waals surface area (Å²) in [5.74, 6) is 0.560. The number of fused-ring (bicyclic) bond motifs is 1. The molecule has 1 amide bonds. The largest absolute Gasteiger partial charge is 0.467 e. The van der Waals surface area contributed by atoms with Gasteiger partial charge in [0.05, 0.1) is 11.5 Å². The Labute approximate surface area is 155 Å². The summed E-state index contributed by atoms with van der Waals surface area (Å²) in [5.41, 5.74) is 2.79. The SMILES string of the molecule is O=C(NC1CC1)c1ccc(NCc2cc([N+](=O)[O-])cc3c2OCOC3)cc1. The first-order valence-corrected chi connectivity index (χ1v) is 8.75. The van der Waals surface area contributed by atoms with E-state index in [1.165, 1.54) is 12.1 Å². The van der Waals surface area contributed by atoms with Crippen LogP contribution in [0.15, 0.2) is 36.4 Å². The summed E-state index contributed by atoms with van der Waals surface area (Å²) in [5, 5.41) is 17.3.